The fourth-order valence-corrected chi connectivity index (χ4v) is 4.78. The van der Waals surface area contributed by atoms with Gasteiger partial charge in [0.1, 0.15) is 36.2 Å². The highest BCUT2D eigenvalue weighted by molar-refractivity contribution is 5.98. The number of carbonyl (C=O) groups excluding carboxylic acids is 6. The number of likely N-dealkylation sites (tertiary alicyclic amines) is 1. The van der Waals surface area contributed by atoms with Crippen LogP contribution in [0.3, 0.4) is 0 Å². The minimum Gasteiger partial charge on any atom is -0.457 e. The number of ether oxygens (including phenoxy) is 1. The van der Waals surface area contributed by atoms with E-state index in [0.717, 1.165) is 0 Å². The van der Waals surface area contributed by atoms with Crippen LogP contribution >= 0.6 is 0 Å². The molecule has 0 unspecified atom stereocenters. The first kappa shape index (κ1) is 33.8. The highest BCUT2D eigenvalue weighted by atomic mass is 16.5. The predicted octanol–water partition coefficient (Wildman–Crippen LogP) is 1.29. The molecule has 2 heterocycles. The van der Waals surface area contributed by atoms with Crippen LogP contribution in [0.25, 0.3) is 0 Å². The van der Waals surface area contributed by atoms with Gasteiger partial charge >= 0.3 is 5.97 Å². The van der Waals surface area contributed by atoms with Crippen molar-refractivity contribution in [3.63, 3.8) is 0 Å². The molecule has 1 aliphatic rings. The maximum atomic E-state index is 14.0. The van der Waals surface area contributed by atoms with Gasteiger partial charge in [-0.2, -0.15) is 0 Å². The molecular formula is C31H40N6O7. The molecule has 1 aliphatic heterocycles. The number of benzene rings is 1. The Labute approximate surface area is 256 Å². The predicted molar refractivity (Wildman–Crippen MR) is 159 cm³/mol. The molecule has 2 aromatic rings. The van der Waals surface area contributed by atoms with E-state index in [-0.39, 0.29) is 24.6 Å². The average Bonchev–Trinajstić information content (AvgIpc) is 3.45. The number of hydrogen-bond donors (Lipinski definition) is 3. The van der Waals surface area contributed by atoms with E-state index in [1.165, 1.54) is 23.5 Å². The summed E-state index contributed by atoms with van der Waals surface area (Å²) in [7, 11) is 0. The second kappa shape index (κ2) is 15.7. The van der Waals surface area contributed by atoms with Gasteiger partial charge in [-0.1, -0.05) is 52.8 Å². The van der Waals surface area contributed by atoms with Crippen molar-refractivity contribution in [2.75, 3.05) is 6.54 Å². The van der Waals surface area contributed by atoms with Crippen molar-refractivity contribution in [2.45, 2.75) is 77.7 Å². The van der Waals surface area contributed by atoms with Crippen LogP contribution in [0.1, 0.15) is 68.3 Å². The van der Waals surface area contributed by atoms with Crippen LogP contribution < -0.4 is 16.0 Å². The second-order valence-corrected chi connectivity index (χ2v) is 11.3. The molecule has 13 heteroatoms. The van der Waals surface area contributed by atoms with Gasteiger partial charge in [-0.15, -0.1) is 0 Å². The van der Waals surface area contributed by atoms with E-state index in [1.807, 2.05) is 0 Å². The molecule has 4 amide bonds. The second-order valence-electron chi connectivity index (χ2n) is 11.3. The molecule has 3 rings (SSSR count). The minimum atomic E-state index is -1.08. The van der Waals surface area contributed by atoms with Crippen molar-refractivity contribution in [3.05, 3.63) is 60.2 Å². The normalized spacial score (nSPS) is 18.2. The van der Waals surface area contributed by atoms with Crippen molar-refractivity contribution in [2.24, 2.45) is 11.8 Å². The van der Waals surface area contributed by atoms with Gasteiger partial charge in [-0.25, -0.2) is 9.78 Å². The van der Waals surface area contributed by atoms with Crippen molar-refractivity contribution in [1.29, 1.82) is 0 Å². The Hall–Kier alpha value is -4.68. The summed E-state index contributed by atoms with van der Waals surface area (Å²) in [5.41, 5.74) is 0.353. The van der Waals surface area contributed by atoms with E-state index >= 15 is 0 Å². The van der Waals surface area contributed by atoms with Gasteiger partial charge in [0.15, 0.2) is 0 Å². The number of aldehydes is 1. The highest BCUT2D eigenvalue weighted by Gasteiger charge is 2.45. The minimum absolute atomic E-state index is 0.00693. The van der Waals surface area contributed by atoms with Gasteiger partial charge in [0, 0.05) is 18.8 Å². The summed E-state index contributed by atoms with van der Waals surface area (Å²) in [5.74, 6) is -3.68. The fraction of sp³-hybridized carbons (Fsp3) is 0.484. The maximum Gasteiger partial charge on any atom is 0.338 e. The van der Waals surface area contributed by atoms with Crippen LogP contribution in [-0.4, -0.2) is 87.6 Å². The van der Waals surface area contributed by atoms with Crippen molar-refractivity contribution in [1.82, 2.24) is 30.8 Å². The number of aromatic nitrogens is 2. The fourth-order valence-electron chi connectivity index (χ4n) is 4.78. The summed E-state index contributed by atoms with van der Waals surface area (Å²) in [6, 6.07) is 4.44. The summed E-state index contributed by atoms with van der Waals surface area (Å²) in [4.78, 5) is 86.8. The molecule has 1 aromatic heterocycles. The summed E-state index contributed by atoms with van der Waals surface area (Å²) in [6.07, 6.45) is 4.22. The Morgan fingerprint density at radius 1 is 0.977 bits per heavy atom. The van der Waals surface area contributed by atoms with Crippen LogP contribution in [0.5, 0.6) is 0 Å². The van der Waals surface area contributed by atoms with E-state index in [4.69, 9.17) is 4.74 Å². The number of nitrogens with one attached hydrogen (secondary N) is 3. The smallest absolute Gasteiger partial charge is 0.338 e. The average molecular weight is 609 g/mol. The lowest BCUT2D eigenvalue weighted by Crippen LogP contribution is -2.59. The lowest BCUT2D eigenvalue weighted by Gasteiger charge is -2.32. The van der Waals surface area contributed by atoms with Gasteiger partial charge in [-0.3, -0.25) is 24.2 Å². The molecule has 5 atom stereocenters. The van der Waals surface area contributed by atoms with Crippen LogP contribution in [0.15, 0.2) is 48.9 Å². The van der Waals surface area contributed by atoms with E-state index in [1.54, 1.807) is 65.0 Å². The molecule has 0 saturated carbocycles. The van der Waals surface area contributed by atoms with Crippen LogP contribution in [0, 0.1) is 11.8 Å². The van der Waals surface area contributed by atoms with Gasteiger partial charge < -0.3 is 30.4 Å². The topological polar surface area (TPSA) is 177 Å². The maximum absolute atomic E-state index is 14.0. The third kappa shape index (κ3) is 8.68. The quantitative estimate of drug-likeness (QED) is 0.223. The van der Waals surface area contributed by atoms with Gasteiger partial charge in [0.25, 0.3) is 5.91 Å². The van der Waals surface area contributed by atoms with E-state index in [0.29, 0.717) is 18.3 Å². The molecule has 44 heavy (non-hydrogen) atoms. The van der Waals surface area contributed by atoms with E-state index < -0.39 is 65.8 Å². The van der Waals surface area contributed by atoms with Crippen LogP contribution in [0.4, 0.5) is 0 Å². The van der Waals surface area contributed by atoms with Crippen molar-refractivity contribution >= 4 is 35.9 Å². The zero-order chi connectivity index (χ0) is 32.4. The Morgan fingerprint density at radius 3 is 2.23 bits per heavy atom. The molecule has 3 N–H and O–H groups in total. The summed E-state index contributed by atoms with van der Waals surface area (Å²) < 4.78 is 5.66. The number of rotatable bonds is 13. The Kier molecular flexibility index (Phi) is 12.1. The molecule has 0 aliphatic carbocycles. The highest BCUT2D eigenvalue weighted by Crippen LogP contribution is 2.24. The third-order valence-corrected chi connectivity index (χ3v) is 7.33. The van der Waals surface area contributed by atoms with E-state index in [2.05, 4.69) is 25.9 Å². The Balaban J connectivity index is 1.82. The Bertz CT molecular complexity index is 1320. The molecule has 1 saturated heterocycles. The van der Waals surface area contributed by atoms with E-state index in [9.17, 15) is 28.8 Å². The van der Waals surface area contributed by atoms with Gasteiger partial charge in [-0.05, 0) is 30.4 Å². The molecule has 0 bridgehead atoms. The lowest BCUT2D eigenvalue weighted by molar-refractivity contribution is -0.143. The van der Waals surface area contributed by atoms with Crippen molar-refractivity contribution in [3.8, 4) is 0 Å². The van der Waals surface area contributed by atoms with Gasteiger partial charge in [0.05, 0.1) is 24.3 Å². The van der Waals surface area contributed by atoms with Crippen LogP contribution in [0.2, 0.25) is 0 Å². The standard InChI is InChI=1S/C31H40N6O7/c1-6-21(17-38)34-28(40)24-14-22(44-31(43)20-10-8-7-9-11-20)16-37(24)30(42)26(19(4)5)36-29(41)25(18(2)3)35-27(39)23-15-32-12-13-33-23/h7-13,15,17-19,21-22,24-26H,6,14,16H2,1-5H3,(H,34,40)(H,35,39)(H,36,41)/t21-,22+,24-,25-,26-/m0/s1. The third-order valence-electron chi connectivity index (χ3n) is 7.33. The number of carbonyl (C=O) groups is 6. The molecule has 1 fully saturated rings. The number of nitrogens with zero attached hydrogens (tertiary/aromatic N) is 3. The number of amides is 4. The number of esters is 1. The first-order chi connectivity index (χ1) is 21.0. The monoisotopic (exact) mass is 608 g/mol. The summed E-state index contributed by atoms with van der Waals surface area (Å²) >= 11 is 0. The Morgan fingerprint density at radius 2 is 1.66 bits per heavy atom. The molecule has 1 aromatic carbocycles. The zero-order valence-electron chi connectivity index (χ0n) is 25.6. The molecular weight excluding hydrogens is 568 g/mol. The first-order valence-electron chi connectivity index (χ1n) is 14.7. The lowest BCUT2D eigenvalue weighted by atomic mass is 9.98. The zero-order valence-corrected chi connectivity index (χ0v) is 25.6. The SMILES string of the molecule is CC[C@@H](C=O)NC(=O)[C@@H]1C[C@@H](OC(=O)c2ccccc2)CN1C(=O)[C@@H](NC(=O)[C@@H](NC(=O)c1cnccn1)C(C)C)C(C)C. The molecule has 13 nitrogen and oxygen atoms in total. The summed E-state index contributed by atoms with van der Waals surface area (Å²) in [5, 5.41) is 8.06. The first-order valence-corrected chi connectivity index (χ1v) is 14.7. The largest absolute Gasteiger partial charge is 0.457 e. The molecule has 236 valence electrons. The summed E-state index contributed by atoms with van der Waals surface area (Å²) in [6.45, 7) is 8.61. The molecule has 0 radical (unpaired) electrons. The number of hydrogen-bond acceptors (Lipinski definition) is 9. The van der Waals surface area contributed by atoms with Gasteiger partial charge in [0.2, 0.25) is 17.7 Å². The molecule has 0 spiro atoms. The van der Waals surface area contributed by atoms with Crippen LogP contribution in [-0.2, 0) is 23.9 Å². The van der Waals surface area contributed by atoms with Crippen molar-refractivity contribution < 1.29 is 33.5 Å².